The quantitative estimate of drug-likeness (QED) is 0.899. The summed E-state index contributed by atoms with van der Waals surface area (Å²) in [6.07, 6.45) is -3.05. The number of carbonyl (C=O) groups excluding carboxylic acids is 1. The number of carbonyl (C=O) groups is 1. The highest BCUT2D eigenvalue weighted by molar-refractivity contribution is 9.10. The van der Waals surface area contributed by atoms with Crippen molar-refractivity contribution in [3.8, 4) is 0 Å². The SMILES string of the molecule is O=C(Cc1cccc(C(F)(F)F)c1)Nc1ccc(Br)cn1. The Morgan fingerprint density at radius 1 is 1.24 bits per heavy atom. The maximum Gasteiger partial charge on any atom is 0.416 e. The zero-order valence-electron chi connectivity index (χ0n) is 10.6. The molecule has 0 spiro atoms. The zero-order chi connectivity index (χ0) is 15.5. The van der Waals surface area contributed by atoms with Crippen LogP contribution in [0.5, 0.6) is 0 Å². The van der Waals surface area contributed by atoms with Crippen LogP contribution in [-0.2, 0) is 17.4 Å². The van der Waals surface area contributed by atoms with Crippen LogP contribution in [-0.4, -0.2) is 10.9 Å². The molecule has 0 saturated heterocycles. The molecule has 0 unspecified atom stereocenters. The summed E-state index contributed by atoms with van der Waals surface area (Å²) in [4.78, 5) is 15.7. The summed E-state index contributed by atoms with van der Waals surface area (Å²) in [6, 6.07) is 7.99. The van der Waals surface area contributed by atoms with Crippen LogP contribution in [0.4, 0.5) is 19.0 Å². The molecule has 1 heterocycles. The molecular weight excluding hydrogens is 349 g/mol. The first-order valence-electron chi connectivity index (χ1n) is 5.92. The third kappa shape index (κ3) is 4.56. The van der Waals surface area contributed by atoms with Gasteiger partial charge in [-0.2, -0.15) is 13.2 Å². The lowest BCUT2D eigenvalue weighted by Gasteiger charge is -2.09. The van der Waals surface area contributed by atoms with Crippen molar-refractivity contribution in [3.05, 3.63) is 58.2 Å². The first kappa shape index (κ1) is 15.5. The van der Waals surface area contributed by atoms with Gasteiger partial charge in [-0.15, -0.1) is 0 Å². The number of benzene rings is 1. The van der Waals surface area contributed by atoms with Gasteiger partial charge in [-0.25, -0.2) is 4.98 Å². The molecule has 1 aromatic heterocycles. The lowest BCUT2D eigenvalue weighted by molar-refractivity contribution is -0.137. The predicted octanol–water partition coefficient (Wildman–Crippen LogP) is 4.04. The Balaban J connectivity index is 2.04. The Bertz CT molecular complexity index is 641. The molecule has 0 fully saturated rings. The Morgan fingerprint density at radius 2 is 2.00 bits per heavy atom. The molecule has 0 aliphatic rings. The normalized spacial score (nSPS) is 11.2. The standard InChI is InChI=1S/C14H10BrF3N2O/c15-11-4-5-12(19-8-11)20-13(21)7-9-2-1-3-10(6-9)14(16,17)18/h1-6,8H,7H2,(H,19,20,21). The smallest absolute Gasteiger partial charge is 0.310 e. The fourth-order valence-electron chi connectivity index (χ4n) is 1.68. The van der Waals surface area contributed by atoms with E-state index in [1.807, 2.05) is 0 Å². The molecule has 1 N–H and O–H groups in total. The number of hydrogen-bond donors (Lipinski definition) is 1. The molecule has 1 amide bonds. The van der Waals surface area contributed by atoms with Gasteiger partial charge in [-0.1, -0.05) is 18.2 Å². The summed E-state index contributed by atoms with van der Waals surface area (Å²) in [5, 5.41) is 2.52. The van der Waals surface area contributed by atoms with E-state index in [1.165, 1.54) is 18.3 Å². The van der Waals surface area contributed by atoms with Crippen molar-refractivity contribution in [2.24, 2.45) is 0 Å². The second kappa shape index (κ2) is 6.26. The first-order chi connectivity index (χ1) is 9.84. The summed E-state index contributed by atoms with van der Waals surface area (Å²) in [5.74, 6) is -0.0840. The summed E-state index contributed by atoms with van der Waals surface area (Å²) in [6.45, 7) is 0. The number of aromatic nitrogens is 1. The number of anilines is 1. The van der Waals surface area contributed by atoms with Gasteiger partial charge in [-0.05, 0) is 39.7 Å². The Labute approximate surface area is 127 Å². The maximum atomic E-state index is 12.6. The number of halogens is 4. The second-order valence-corrected chi connectivity index (χ2v) is 5.20. The molecule has 110 valence electrons. The van der Waals surface area contributed by atoms with Crippen molar-refractivity contribution in [3.63, 3.8) is 0 Å². The third-order valence-electron chi connectivity index (χ3n) is 2.61. The highest BCUT2D eigenvalue weighted by atomic mass is 79.9. The Hall–Kier alpha value is -1.89. The van der Waals surface area contributed by atoms with E-state index in [0.29, 0.717) is 11.4 Å². The topological polar surface area (TPSA) is 42.0 Å². The van der Waals surface area contributed by atoms with Gasteiger partial charge in [0.05, 0.1) is 12.0 Å². The number of rotatable bonds is 3. The summed E-state index contributed by atoms with van der Waals surface area (Å²) < 4.78 is 38.5. The molecular formula is C14H10BrF3N2O. The number of nitrogens with one attached hydrogen (secondary N) is 1. The minimum Gasteiger partial charge on any atom is -0.310 e. The summed E-state index contributed by atoms with van der Waals surface area (Å²) in [7, 11) is 0. The van der Waals surface area contributed by atoms with E-state index in [0.717, 1.165) is 16.6 Å². The Morgan fingerprint density at radius 3 is 2.62 bits per heavy atom. The summed E-state index contributed by atoms with van der Waals surface area (Å²) >= 11 is 3.21. The highest BCUT2D eigenvalue weighted by Crippen LogP contribution is 2.29. The average molecular weight is 359 g/mol. The fourth-order valence-corrected chi connectivity index (χ4v) is 1.91. The van der Waals surface area contributed by atoms with Crippen molar-refractivity contribution in [2.75, 3.05) is 5.32 Å². The van der Waals surface area contributed by atoms with Crippen molar-refractivity contribution in [1.82, 2.24) is 4.98 Å². The van der Waals surface area contributed by atoms with E-state index >= 15 is 0 Å². The van der Waals surface area contributed by atoms with Gasteiger partial charge in [-0.3, -0.25) is 4.79 Å². The highest BCUT2D eigenvalue weighted by Gasteiger charge is 2.30. The Kier molecular flexibility index (Phi) is 4.62. The van der Waals surface area contributed by atoms with E-state index < -0.39 is 17.6 Å². The van der Waals surface area contributed by atoms with Gasteiger partial charge in [0.25, 0.3) is 0 Å². The minimum absolute atomic E-state index is 0.151. The first-order valence-corrected chi connectivity index (χ1v) is 6.71. The monoisotopic (exact) mass is 358 g/mol. The van der Waals surface area contributed by atoms with Gasteiger partial charge in [0.15, 0.2) is 0 Å². The lowest BCUT2D eigenvalue weighted by Crippen LogP contribution is -2.15. The van der Waals surface area contributed by atoms with Crippen LogP contribution in [0.2, 0.25) is 0 Å². The van der Waals surface area contributed by atoms with E-state index in [9.17, 15) is 18.0 Å². The molecule has 2 rings (SSSR count). The molecule has 0 saturated carbocycles. The van der Waals surface area contributed by atoms with Gasteiger partial charge in [0.2, 0.25) is 5.91 Å². The van der Waals surface area contributed by atoms with Crippen LogP contribution < -0.4 is 5.32 Å². The molecule has 0 bridgehead atoms. The fraction of sp³-hybridized carbons (Fsp3) is 0.143. The van der Waals surface area contributed by atoms with Gasteiger partial charge in [0, 0.05) is 10.7 Å². The average Bonchev–Trinajstić information content (AvgIpc) is 2.41. The van der Waals surface area contributed by atoms with Crippen LogP contribution >= 0.6 is 15.9 Å². The number of nitrogens with zero attached hydrogens (tertiary/aromatic N) is 1. The van der Waals surface area contributed by atoms with Crippen molar-refractivity contribution >= 4 is 27.7 Å². The van der Waals surface area contributed by atoms with Crippen molar-refractivity contribution in [1.29, 1.82) is 0 Å². The van der Waals surface area contributed by atoms with E-state index in [-0.39, 0.29) is 6.42 Å². The van der Waals surface area contributed by atoms with Crippen molar-refractivity contribution < 1.29 is 18.0 Å². The molecule has 1 aromatic carbocycles. The molecule has 3 nitrogen and oxygen atoms in total. The zero-order valence-corrected chi connectivity index (χ0v) is 12.2. The number of pyridine rings is 1. The second-order valence-electron chi connectivity index (χ2n) is 4.28. The molecule has 21 heavy (non-hydrogen) atoms. The predicted molar refractivity (Wildman–Crippen MR) is 75.7 cm³/mol. The van der Waals surface area contributed by atoms with Crippen LogP contribution in [0.25, 0.3) is 0 Å². The van der Waals surface area contributed by atoms with Crippen LogP contribution in [0.15, 0.2) is 47.1 Å². The lowest BCUT2D eigenvalue weighted by atomic mass is 10.1. The molecule has 2 aromatic rings. The molecule has 0 aliphatic carbocycles. The van der Waals surface area contributed by atoms with E-state index in [1.54, 1.807) is 12.1 Å². The summed E-state index contributed by atoms with van der Waals surface area (Å²) in [5.41, 5.74) is -0.478. The molecule has 7 heteroatoms. The van der Waals surface area contributed by atoms with Gasteiger partial charge in [0.1, 0.15) is 5.82 Å². The van der Waals surface area contributed by atoms with Crippen LogP contribution in [0, 0.1) is 0 Å². The largest absolute Gasteiger partial charge is 0.416 e. The van der Waals surface area contributed by atoms with E-state index in [2.05, 4.69) is 26.2 Å². The van der Waals surface area contributed by atoms with Crippen LogP contribution in [0.1, 0.15) is 11.1 Å². The number of amides is 1. The van der Waals surface area contributed by atoms with Gasteiger partial charge >= 0.3 is 6.18 Å². The van der Waals surface area contributed by atoms with Crippen LogP contribution in [0.3, 0.4) is 0 Å². The van der Waals surface area contributed by atoms with Gasteiger partial charge < -0.3 is 5.32 Å². The molecule has 0 aliphatic heterocycles. The number of hydrogen-bond acceptors (Lipinski definition) is 2. The minimum atomic E-state index is -4.42. The van der Waals surface area contributed by atoms with Crippen molar-refractivity contribution in [2.45, 2.75) is 12.6 Å². The maximum absolute atomic E-state index is 12.6. The number of alkyl halides is 3. The third-order valence-corrected chi connectivity index (χ3v) is 3.08. The molecule has 0 atom stereocenters. The molecule has 0 radical (unpaired) electrons. The van der Waals surface area contributed by atoms with E-state index in [4.69, 9.17) is 0 Å².